The van der Waals surface area contributed by atoms with E-state index in [2.05, 4.69) is 54.2 Å². The summed E-state index contributed by atoms with van der Waals surface area (Å²) in [7, 11) is 0. The molecular formula is C53H71F2IN12O12. The number of aromatic nitrogens is 1. The summed E-state index contributed by atoms with van der Waals surface area (Å²) in [5, 5.41) is 52.6. The zero-order chi connectivity index (χ0) is 58.0. The second kappa shape index (κ2) is 33.1. The van der Waals surface area contributed by atoms with Gasteiger partial charge in [0.2, 0.25) is 23.6 Å². The second-order valence-electron chi connectivity index (χ2n) is 19.6. The van der Waals surface area contributed by atoms with Gasteiger partial charge in [-0.25, -0.2) is 8.78 Å². The summed E-state index contributed by atoms with van der Waals surface area (Å²) < 4.78 is 34.9. The molecule has 2 aliphatic heterocycles. The Morgan fingerprint density at radius 3 is 1.93 bits per heavy atom. The first-order valence-electron chi connectivity index (χ1n) is 26.4. The third-order valence-electron chi connectivity index (χ3n) is 13.3. The number of hydrogen-bond acceptors (Lipinski definition) is 16. The molecule has 5 amide bonds. The summed E-state index contributed by atoms with van der Waals surface area (Å²) in [6.45, 7) is -0.113. The highest BCUT2D eigenvalue weighted by Gasteiger charge is 2.47. The zero-order valence-corrected chi connectivity index (χ0v) is 46.7. The molecular weight excluding hydrogens is 1160 g/mol. The van der Waals surface area contributed by atoms with E-state index >= 15 is 0 Å². The molecule has 3 aromatic rings. The van der Waals surface area contributed by atoms with E-state index in [1.54, 1.807) is 56.1 Å². The highest BCUT2D eigenvalue weighted by atomic mass is 127. The van der Waals surface area contributed by atoms with Crippen molar-refractivity contribution in [3.8, 4) is 11.8 Å². The number of carbonyl (C=O) groups is 8. The van der Waals surface area contributed by atoms with Gasteiger partial charge in [-0.2, -0.15) is 5.26 Å². The first kappa shape index (κ1) is 64.1. The number of nitrogens with zero attached hydrogens (tertiary/aromatic N) is 7. The Hall–Kier alpha value is -6.71. The van der Waals surface area contributed by atoms with Crippen LogP contribution in [0.1, 0.15) is 49.7 Å². The molecule has 0 radical (unpaired) electrons. The van der Waals surface area contributed by atoms with E-state index in [0.29, 0.717) is 42.1 Å². The number of nitrogens with one attached hydrogen (secondary N) is 5. The smallest absolute Gasteiger partial charge is 0.317 e. The third kappa shape index (κ3) is 23.6. The number of carboxylic acids is 3. The van der Waals surface area contributed by atoms with Crippen LogP contribution in [-0.4, -0.2) is 228 Å². The molecule has 24 nitrogen and oxygen atoms in total. The fourth-order valence-electron chi connectivity index (χ4n) is 9.13. The standard InChI is InChI=1S/C53H71F2IN12O12/c54-53(55)27-40(28-57)68(36-53)48(72)30-58-29-38-13-15-59-43-12-11-41(26-42(38)43)80-35-47(71)63-44(52(79)62-17-16-61-45(69)6-3-4-37-7-9-39(56)10-8-37)5-1-2-14-60-46(70)31-64-18-20-65(32-49(73)74)22-24-67(34-51(77)78)25-23-66(21-19-64)33-50(75)76/h7-13,15,26,40,44,58H,1-6,14,16-25,27,29-36H2,(H,60,70)(H,61,69)(H,62,79)(H,63,71)(H,73,74)(H,75,76)(H,77,78)/t40-,44?/m0/s1. The fourth-order valence-corrected chi connectivity index (χ4v) is 9.49. The molecule has 1 aromatic heterocycles. The number of amides is 5. The Labute approximate surface area is 476 Å². The molecule has 436 valence electrons. The summed E-state index contributed by atoms with van der Waals surface area (Å²) >= 11 is 2.23. The Kier molecular flexibility index (Phi) is 26.6. The van der Waals surface area contributed by atoms with Crippen molar-refractivity contribution in [3.63, 3.8) is 0 Å². The van der Waals surface area contributed by atoms with E-state index < -0.39 is 73.2 Å². The minimum atomic E-state index is -3.14. The summed E-state index contributed by atoms with van der Waals surface area (Å²) in [5.41, 5.74) is 2.37. The lowest BCUT2D eigenvalue weighted by atomic mass is 10.1. The lowest BCUT2D eigenvalue weighted by Crippen LogP contribution is -2.50. The van der Waals surface area contributed by atoms with Crippen LogP contribution in [0.5, 0.6) is 5.75 Å². The average molecular weight is 1230 g/mol. The van der Waals surface area contributed by atoms with Crippen LogP contribution >= 0.6 is 22.6 Å². The number of carbonyl (C=O) groups excluding carboxylic acids is 5. The Balaban J connectivity index is 1.15. The maximum Gasteiger partial charge on any atom is 0.317 e. The van der Waals surface area contributed by atoms with Crippen molar-refractivity contribution in [1.29, 1.82) is 5.26 Å². The molecule has 2 aromatic carbocycles. The van der Waals surface area contributed by atoms with Gasteiger partial charge in [0.05, 0.1) is 50.9 Å². The van der Waals surface area contributed by atoms with Crippen molar-refractivity contribution in [3.05, 3.63) is 69.4 Å². The number of aliphatic carboxylic acids is 3. The predicted octanol–water partition coefficient (Wildman–Crippen LogP) is 0.570. The topological polar surface area (TPSA) is 320 Å². The van der Waals surface area contributed by atoms with Crippen molar-refractivity contribution in [2.75, 3.05) is 118 Å². The zero-order valence-electron chi connectivity index (χ0n) is 44.5. The van der Waals surface area contributed by atoms with Crippen molar-refractivity contribution in [2.24, 2.45) is 0 Å². The van der Waals surface area contributed by atoms with Gasteiger partial charge in [-0.15, -0.1) is 0 Å². The van der Waals surface area contributed by atoms with Gasteiger partial charge in [-0.1, -0.05) is 12.1 Å². The van der Waals surface area contributed by atoms with Crippen LogP contribution in [-0.2, 0) is 51.3 Å². The normalized spacial score (nSPS) is 17.0. The monoisotopic (exact) mass is 1230 g/mol. The number of likely N-dealkylation sites (tertiary alicyclic amines) is 1. The number of unbranched alkanes of at least 4 members (excludes halogenated alkanes) is 1. The van der Waals surface area contributed by atoms with Crippen LogP contribution in [0.3, 0.4) is 0 Å². The molecule has 0 aliphatic carbocycles. The largest absolute Gasteiger partial charge is 0.484 e. The summed E-state index contributed by atoms with van der Waals surface area (Å²) in [6, 6.07) is 14.2. The number of alkyl halides is 2. The van der Waals surface area contributed by atoms with E-state index in [1.165, 1.54) is 0 Å². The van der Waals surface area contributed by atoms with Crippen LogP contribution in [0, 0.1) is 14.9 Å². The molecule has 80 heavy (non-hydrogen) atoms. The number of nitriles is 1. The number of halogens is 3. The van der Waals surface area contributed by atoms with E-state index in [0.717, 1.165) is 20.5 Å². The summed E-state index contributed by atoms with van der Waals surface area (Å²) in [6.07, 6.45) is 3.44. The van der Waals surface area contributed by atoms with Crippen LogP contribution in [0.2, 0.25) is 0 Å². The third-order valence-corrected chi connectivity index (χ3v) is 14.0. The molecule has 0 spiro atoms. The Morgan fingerprint density at radius 2 is 1.32 bits per heavy atom. The van der Waals surface area contributed by atoms with Crippen LogP contribution in [0.4, 0.5) is 8.78 Å². The molecule has 27 heteroatoms. The van der Waals surface area contributed by atoms with Crippen molar-refractivity contribution >= 4 is 80.9 Å². The van der Waals surface area contributed by atoms with Crippen LogP contribution in [0.15, 0.2) is 54.7 Å². The lowest BCUT2D eigenvalue weighted by molar-refractivity contribution is -0.140. The predicted molar refractivity (Wildman–Crippen MR) is 295 cm³/mol. The number of hydrogen-bond donors (Lipinski definition) is 8. The number of benzene rings is 2. The maximum absolute atomic E-state index is 14.0. The molecule has 5 rings (SSSR count). The van der Waals surface area contributed by atoms with Gasteiger partial charge in [-0.05, 0) is 102 Å². The SMILES string of the molecule is N#C[C@@H]1CC(F)(F)CN1C(=O)CNCc1ccnc2ccc(OCC(=O)NC(CCCCNC(=O)CN3CCN(CC(=O)O)CCN(CC(=O)O)CCN(CC(=O)O)CC3)C(=O)NCCNC(=O)CCCc3ccc(I)cc3)cc12. The molecule has 2 aliphatic rings. The Morgan fingerprint density at radius 1 is 0.738 bits per heavy atom. The number of ether oxygens (including phenoxy) is 1. The number of carboxylic acid groups (broad SMARTS) is 3. The van der Waals surface area contributed by atoms with Gasteiger partial charge >= 0.3 is 17.9 Å². The number of rotatable bonds is 29. The van der Waals surface area contributed by atoms with Gasteiger partial charge < -0.3 is 51.5 Å². The maximum atomic E-state index is 14.0. The molecule has 0 bridgehead atoms. The molecule has 2 fully saturated rings. The van der Waals surface area contributed by atoms with Crippen LogP contribution in [0.25, 0.3) is 10.9 Å². The molecule has 1 unspecified atom stereocenters. The minimum Gasteiger partial charge on any atom is -0.484 e. The molecule has 0 saturated carbocycles. The lowest BCUT2D eigenvalue weighted by Gasteiger charge is -2.32. The van der Waals surface area contributed by atoms with E-state index in [4.69, 9.17) is 4.74 Å². The van der Waals surface area contributed by atoms with Crippen LogP contribution < -0.4 is 31.3 Å². The van der Waals surface area contributed by atoms with Gasteiger partial charge in [0.1, 0.15) is 17.8 Å². The van der Waals surface area contributed by atoms with Gasteiger partial charge in [0, 0.05) is 107 Å². The molecule has 3 heterocycles. The van der Waals surface area contributed by atoms with E-state index in [-0.39, 0.29) is 135 Å². The second-order valence-corrected chi connectivity index (χ2v) is 20.9. The van der Waals surface area contributed by atoms with Gasteiger partial charge in [0.25, 0.3) is 11.8 Å². The molecule has 8 N–H and O–H groups in total. The Bertz CT molecular complexity index is 2600. The first-order chi connectivity index (χ1) is 38.2. The van der Waals surface area contributed by atoms with E-state index in [1.807, 2.05) is 24.3 Å². The van der Waals surface area contributed by atoms with Crippen molar-refractivity contribution < 1.29 is 67.2 Å². The number of fused-ring (bicyclic) bond motifs is 1. The quantitative estimate of drug-likeness (QED) is 0.0348. The number of aryl methyl sites for hydroxylation is 1. The molecule has 2 saturated heterocycles. The van der Waals surface area contributed by atoms with Gasteiger partial charge in [0.15, 0.2) is 6.61 Å². The fraction of sp³-hybridized carbons (Fsp3) is 0.547. The molecule has 2 atom stereocenters. The van der Waals surface area contributed by atoms with Gasteiger partial charge in [-0.3, -0.25) is 62.9 Å². The highest BCUT2D eigenvalue weighted by Crippen LogP contribution is 2.31. The minimum absolute atomic E-state index is 0.0769. The summed E-state index contributed by atoms with van der Waals surface area (Å²) in [5.74, 6) is -8.35. The van der Waals surface area contributed by atoms with Crippen molar-refractivity contribution in [1.82, 2.24) is 56.1 Å². The van der Waals surface area contributed by atoms with Crippen molar-refractivity contribution in [2.45, 2.75) is 69.5 Å². The number of pyridine rings is 1. The summed E-state index contributed by atoms with van der Waals surface area (Å²) in [4.78, 5) is 113. The highest BCUT2D eigenvalue weighted by molar-refractivity contribution is 14.1. The average Bonchev–Trinajstić information content (AvgIpc) is 3.80. The first-order valence-corrected chi connectivity index (χ1v) is 27.5. The van der Waals surface area contributed by atoms with E-state index in [9.17, 15) is 67.7 Å².